The van der Waals surface area contributed by atoms with E-state index in [1.165, 1.54) is 0 Å². The lowest BCUT2D eigenvalue weighted by molar-refractivity contribution is -0.115. The van der Waals surface area contributed by atoms with E-state index in [0.717, 1.165) is 11.3 Å². The third-order valence-corrected chi connectivity index (χ3v) is 2.55. The number of benzene rings is 1. The summed E-state index contributed by atoms with van der Waals surface area (Å²) < 4.78 is 0. The lowest BCUT2D eigenvalue weighted by atomic mass is 10.1. The third-order valence-electron chi connectivity index (χ3n) is 2.55. The van der Waals surface area contributed by atoms with Gasteiger partial charge in [-0.15, -0.1) is 0 Å². The summed E-state index contributed by atoms with van der Waals surface area (Å²) in [7, 11) is 3.95. The highest BCUT2D eigenvalue weighted by Gasteiger charge is 2.18. The van der Waals surface area contributed by atoms with Crippen molar-refractivity contribution < 1.29 is 4.79 Å². The van der Waals surface area contributed by atoms with Crippen molar-refractivity contribution in [2.45, 2.75) is 0 Å². The van der Waals surface area contributed by atoms with Crippen molar-refractivity contribution in [1.29, 1.82) is 0 Å². The van der Waals surface area contributed by atoms with Crippen LogP contribution in [0.25, 0.3) is 6.08 Å². The minimum Gasteiger partial charge on any atom is -0.378 e. The molecule has 18 heavy (non-hydrogen) atoms. The first-order chi connectivity index (χ1) is 8.60. The Labute approximate surface area is 105 Å². The second-order valence-corrected chi connectivity index (χ2v) is 4.07. The van der Waals surface area contributed by atoms with Crippen LogP contribution < -0.4 is 21.5 Å². The van der Waals surface area contributed by atoms with Crippen molar-refractivity contribution in [2.24, 2.45) is 10.8 Å². The Morgan fingerprint density at radius 3 is 2.50 bits per heavy atom. The smallest absolute Gasteiger partial charge is 0.276 e. The van der Waals surface area contributed by atoms with Crippen molar-refractivity contribution in [1.82, 2.24) is 10.7 Å². The number of hydrogen-bond donors (Lipinski definition) is 3. The number of anilines is 1. The SMILES string of the molecule is CN(C)c1ccc(C=C2N=C(NN)NC2=O)cc1. The monoisotopic (exact) mass is 245 g/mol. The summed E-state index contributed by atoms with van der Waals surface area (Å²) in [6, 6.07) is 7.81. The van der Waals surface area contributed by atoms with Crippen LogP contribution in [0.1, 0.15) is 5.56 Å². The van der Waals surface area contributed by atoms with E-state index in [-0.39, 0.29) is 11.9 Å². The van der Waals surface area contributed by atoms with Gasteiger partial charge in [-0.05, 0) is 23.8 Å². The fourth-order valence-electron chi connectivity index (χ4n) is 1.56. The fourth-order valence-corrected chi connectivity index (χ4v) is 1.56. The maximum absolute atomic E-state index is 11.5. The first-order valence-electron chi connectivity index (χ1n) is 5.46. The third kappa shape index (κ3) is 2.49. The van der Waals surface area contributed by atoms with Gasteiger partial charge in [0.05, 0.1) is 0 Å². The Bertz CT molecular complexity index is 516. The Hall–Kier alpha value is -2.34. The van der Waals surface area contributed by atoms with Crippen LogP contribution in [-0.2, 0) is 4.79 Å². The lowest BCUT2D eigenvalue weighted by Crippen LogP contribution is -2.40. The predicted molar refractivity (Wildman–Crippen MR) is 71.6 cm³/mol. The molecule has 1 aromatic carbocycles. The zero-order valence-electron chi connectivity index (χ0n) is 10.3. The molecule has 0 aromatic heterocycles. The van der Waals surface area contributed by atoms with Crippen LogP contribution in [0.15, 0.2) is 35.0 Å². The molecule has 0 spiro atoms. The second-order valence-electron chi connectivity index (χ2n) is 4.07. The van der Waals surface area contributed by atoms with Crippen molar-refractivity contribution in [2.75, 3.05) is 19.0 Å². The Morgan fingerprint density at radius 2 is 2.00 bits per heavy atom. The van der Waals surface area contributed by atoms with Gasteiger partial charge in [-0.1, -0.05) is 12.1 Å². The van der Waals surface area contributed by atoms with Gasteiger partial charge in [0, 0.05) is 19.8 Å². The van der Waals surface area contributed by atoms with E-state index in [0.29, 0.717) is 5.70 Å². The largest absolute Gasteiger partial charge is 0.378 e. The summed E-state index contributed by atoms with van der Waals surface area (Å²) in [6.45, 7) is 0. The highest BCUT2D eigenvalue weighted by molar-refractivity contribution is 6.13. The van der Waals surface area contributed by atoms with Crippen LogP contribution in [0, 0.1) is 0 Å². The molecule has 0 saturated carbocycles. The van der Waals surface area contributed by atoms with E-state index in [9.17, 15) is 4.79 Å². The molecule has 4 N–H and O–H groups in total. The Balaban J connectivity index is 2.23. The van der Waals surface area contributed by atoms with Gasteiger partial charge in [0.25, 0.3) is 5.91 Å². The van der Waals surface area contributed by atoms with Gasteiger partial charge in [0.15, 0.2) is 0 Å². The van der Waals surface area contributed by atoms with E-state index in [2.05, 4.69) is 15.7 Å². The fraction of sp³-hybridized carbons (Fsp3) is 0.167. The predicted octanol–water partition coefficient (Wildman–Crippen LogP) is 0.0426. The Morgan fingerprint density at radius 1 is 1.33 bits per heavy atom. The number of aliphatic imine (C=N–C) groups is 1. The minimum atomic E-state index is -0.264. The topological polar surface area (TPSA) is 82.8 Å². The molecule has 1 heterocycles. The summed E-state index contributed by atoms with van der Waals surface area (Å²) in [5, 5.41) is 2.50. The van der Waals surface area contributed by atoms with E-state index in [1.54, 1.807) is 6.08 Å². The minimum absolute atomic E-state index is 0.260. The molecular formula is C12H15N5O. The van der Waals surface area contributed by atoms with Gasteiger partial charge < -0.3 is 4.90 Å². The quantitative estimate of drug-likeness (QED) is 0.390. The number of rotatable bonds is 2. The van der Waals surface area contributed by atoms with Crippen molar-refractivity contribution >= 4 is 23.6 Å². The first kappa shape index (κ1) is 12.1. The molecule has 0 atom stereocenters. The maximum atomic E-state index is 11.5. The zero-order chi connectivity index (χ0) is 13.1. The number of amides is 1. The molecule has 6 heteroatoms. The molecule has 6 nitrogen and oxygen atoms in total. The van der Waals surface area contributed by atoms with Gasteiger partial charge in [-0.25, -0.2) is 10.8 Å². The number of hydrogen-bond acceptors (Lipinski definition) is 5. The maximum Gasteiger partial charge on any atom is 0.276 e. The summed E-state index contributed by atoms with van der Waals surface area (Å²) in [4.78, 5) is 17.5. The van der Waals surface area contributed by atoms with Crippen LogP contribution >= 0.6 is 0 Å². The number of guanidine groups is 1. The summed E-state index contributed by atoms with van der Waals surface area (Å²) in [5.41, 5.74) is 4.65. The molecule has 1 aliphatic heterocycles. The highest BCUT2D eigenvalue weighted by Crippen LogP contribution is 2.16. The molecule has 0 fully saturated rings. The van der Waals surface area contributed by atoms with E-state index < -0.39 is 0 Å². The van der Waals surface area contributed by atoms with Crippen LogP contribution in [0.4, 0.5) is 5.69 Å². The molecule has 0 unspecified atom stereocenters. The number of carbonyl (C=O) groups is 1. The lowest BCUT2D eigenvalue weighted by Gasteiger charge is -2.11. The molecule has 0 saturated heterocycles. The summed E-state index contributed by atoms with van der Waals surface area (Å²) in [5.74, 6) is 5.17. The number of hydrazine groups is 1. The van der Waals surface area contributed by atoms with Crippen LogP contribution in [0.3, 0.4) is 0 Å². The first-order valence-corrected chi connectivity index (χ1v) is 5.46. The molecule has 0 bridgehead atoms. The molecule has 0 aliphatic carbocycles. The molecule has 1 aromatic rings. The van der Waals surface area contributed by atoms with E-state index >= 15 is 0 Å². The summed E-state index contributed by atoms with van der Waals surface area (Å²) >= 11 is 0. The number of nitrogens with one attached hydrogen (secondary N) is 2. The van der Waals surface area contributed by atoms with Crippen molar-refractivity contribution in [3.8, 4) is 0 Å². The van der Waals surface area contributed by atoms with Gasteiger partial charge in [0.2, 0.25) is 5.96 Å². The molecule has 2 rings (SSSR count). The van der Waals surface area contributed by atoms with Crippen LogP contribution in [0.2, 0.25) is 0 Å². The van der Waals surface area contributed by atoms with Crippen LogP contribution in [0.5, 0.6) is 0 Å². The molecule has 0 radical (unpaired) electrons. The van der Waals surface area contributed by atoms with Crippen molar-refractivity contribution in [3.63, 3.8) is 0 Å². The molecule has 1 amide bonds. The van der Waals surface area contributed by atoms with Crippen molar-refractivity contribution in [3.05, 3.63) is 35.5 Å². The number of nitrogens with zero attached hydrogens (tertiary/aromatic N) is 2. The van der Waals surface area contributed by atoms with Crippen LogP contribution in [-0.4, -0.2) is 26.0 Å². The Kier molecular flexibility index (Phi) is 3.29. The normalized spacial score (nSPS) is 16.5. The van der Waals surface area contributed by atoms with Gasteiger partial charge in [-0.2, -0.15) is 0 Å². The molecular weight excluding hydrogens is 230 g/mol. The second kappa shape index (κ2) is 4.89. The summed E-state index contributed by atoms with van der Waals surface area (Å²) in [6.07, 6.45) is 1.71. The molecule has 1 aliphatic rings. The average molecular weight is 245 g/mol. The number of nitrogens with two attached hydrogens (primary N) is 1. The standard InChI is InChI=1S/C12H15N5O/c1-17(2)9-5-3-8(4-6-9)7-10-11(18)15-12(14-10)16-13/h3-7H,13H2,1-2H3,(H2,14,15,16,18). The van der Waals surface area contributed by atoms with E-state index in [4.69, 9.17) is 5.84 Å². The highest BCUT2D eigenvalue weighted by atomic mass is 16.2. The van der Waals surface area contributed by atoms with Gasteiger partial charge in [-0.3, -0.25) is 15.5 Å². The molecule has 94 valence electrons. The van der Waals surface area contributed by atoms with Gasteiger partial charge >= 0.3 is 0 Å². The number of carbonyl (C=O) groups excluding carboxylic acids is 1. The van der Waals surface area contributed by atoms with Gasteiger partial charge in [0.1, 0.15) is 5.70 Å². The average Bonchev–Trinajstić information content (AvgIpc) is 2.71. The van der Waals surface area contributed by atoms with E-state index in [1.807, 2.05) is 43.3 Å². The zero-order valence-corrected chi connectivity index (χ0v) is 10.3.